The summed E-state index contributed by atoms with van der Waals surface area (Å²) < 4.78 is 1.75. The number of para-hydroxylation sites is 1. The minimum absolute atomic E-state index is 0.215. The first kappa shape index (κ1) is 11.2. The first-order valence-electron chi connectivity index (χ1n) is 5.11. The fourth-order valence-electron chi connectivity index (χ4n) is 1.25. The van der Waals surface area contributed by atoms with Crippen molar-refractivity contribution in [2.75, 3.05) is 12.4 Å². The molecule has 0 fully saturated rings. The van der Waals surface area contributed by atoms with Crippen LogP contribution in [0.15, 0.2) is 41.8 Å². The molecule has 1 aromatic carbocycles. The zero-order chi connectivity index (χ0) is 11.2. The number of benzene rings is 1. The van der Waals surface area contributed by atoms with Crippen molar-refractivity contribution < 1.29 is 5.11 Å². The van der Waals surface area contributed by atoms with E-state index in [1.54, 1.807) is 22.8 Å². The van der Waals surface area contributed by atoms with Crippen molar-refractivity contribution >= 4 is 11.8 Å². The molecular weight excluding hydrogens is 222 g/mol. The maximum absolute atomic E-state index is 8.67. The molecular formula is C11H13N3OS. The van der Waals surface area contributed by atoms with Crippen LogP contribution in [-0.2, 0) is 0 Å². The van der Waals surface area contributed by atoms with Crippen molar-refractivity contribution in [3.05, 3.63) is 36.7 Å². The average Bonchev–Trinajstić information content (AvgIpc) is 2.79. The van der Waals surface area contributed by atoms with E-state index in [-0.39, 0.29) is 6.61 Å². The molecule has 1 N–H and O–H groups in total. The molecule has 5 heteroatoms. The molecule has 0 bridgehead atoms. The predicted octanol–water partition coefficient (Wildman–Crippen LogP) is 1.74. The van der Waals surface area contributed by atoms with E-state index >= 15 is 0 Å². The molecule has 0 amide bonds. The molecule has 2 aromatic rings. The van der Waals surface area contributed by atoms with Gasteiger partial charge in [0.05, 0.1) is 5.69 Å². The normalized spacial score (nSPS) is 10.6. The Labute approximate surface area is 98.3 Å². The Morgan fingerprint density at radius 1 is 1.25 bits per heavy atom. The Hall–Kier alpha value is -1.33. The number of thioether (sulfide) groups is 1. The quantitative estimate of drug-likeness (QED) is 0.633. The standard InChI is InChI=1S/C11H13N3OS/c15-7-4-8-16-11-12-9-14(13-11)10-5-2-1-3-6-10/h1-3,5-6,9,15H,4,7-8H2. The summed E-state index contributed by atoms with van der Waals surface area (Å²) in [7, 11) is 0. The molecule has 0 radical (unpaired) electrons. The van der Waals surface area contributed by atoms with E-state index in [0.717, 1.165) is 23.0 Å². The van der Waals surface area contributed by atoms with Gasteiger partial charge in [-0.25, -0.2) is 9.67 Å². The van der Waals surface area contributed by atoms with Crippen LogP contribution in [0.1, 0.15) is 6.42 Å². The van der Waals surface area contributed by atoms with E-state index in [1.807, 2.05) is 30.3 Å². The first-order valence-corrected chi connectivity index (χ1v) is 6.09. The zero-order valence-corrected chi connectivity index (χ0v) is 9.60. The highest BCUT2D eigenvalue weighted by molar-refractivity contribution is 7.99. The van der Waals surface area contributed by atoms with E-state index in [9.17, 15) is 0 Å². The van der Waals surface area contributed by atoms with E-state index in [1.165, 1.54) is 0 Å². The van der Waals surface area contributed by atoms with Crippen molar-refractivity contribution in [1.29, 1.82) is 0 Å². The van der Waals surface area contributed by atoms with Gasteiger partial charge in [0.1, 0.15) is 6.33 Å². The fourth-order valence-corrected chi connectivity index (χ4v) is 1.97. The number of hydrogen-bond acceptors (Lipinski definition) is 4. The van der Waals surface area contributed by atoms with E-state index < -0.39 is 0 Å². The molecule has 1 heterocycles. The Balaban J connectivity index is 2.02. The molecule has 0 atom stereocenters. The third-order valence-corrected chi connectivity index (χ3v) is 2.96. The highest BCUT2D eigenvalue weighted by Gasteiger charge is 2.02. The zero-order valence-electron chi connectivity index (χ0n) is 8.78. The molecule has 84 valence electrons. The first-order chi connectivity index (χ1) is 7.90. The van der Waals surface area contributed by atoms with Gasteiger partial charge in [0.15, 0.2) is 0 Å². The molecule has 0 aliphatic heterocycles. The highest BCUT2D eigenvalue weighted by Crippen LogP contribution is 2.14. The molecule has 0 saturated heterocycles. The van der Waals surface area contributed by atoms with Crippen molar-refractivity contribution in [3.63, 3.8) is 0 Å². The van der Waals surface area contributed by atoms with Crippen molar-refractivity contribution in [2.24, 2.45) is 0 Å². The molecule has 2 rings (SSSR count). The van der Waals surface area contributed by atoms with Crippen molar-refractivity contribution in [2.45, 2.75) is 11.6 Å². The largest absolute Gasteiger partial charge is 0.396 e. The van der Waals surface area contributed by atoms with Crippen molar-refractivity contribution in [3.8, 4) is 5.69 Å². The fraction of sp³-hybridized carbons (Fsp3) is 0.273. The van der Waals surface area contributed by atoms with E-state index in [2.05, 4.69) is 10.1 Å². The summed E-state index contributed by atoms with van der Waals surface area (Å²) >= 11 is 1.56. The molecule has 0 aliphatic carbocycles. The third kappa shape index (κ3) is 2.84. The second kappa shape index (κ2) is 5.67. The molecule has 0 aliphatic rings. The van der Waals surface area contributed by atoms with Gasteiger partial charge in [-0.2, -0.15) is 0 Å². The number of aliphatic hydroxyl groups excluding tert-OH is 1. The summed E-state index contributed by atoms with van der Waals surface area (Å²) in [5.74, 6) is 0.843. The van der Waals surface area contributed by atoms with Crippen LogP contribution in [0.4, 0.5) is 0 Å². The van der Waals surface area contributed by atoms with Crippen LogP contribution in [-0.4, -0.2) is 32.2 Å². The Kier molecular flexibility index (Phi) is 3.96. The maximum atomic E-state index is 8.67. The molecule has 4 nitrogen and oxygen atoms in total. The Morgan fingerprint density at radius 3 is 2.81 bits per heavy atom. The number of hydrogen-bond donors (Lipinski definition) is 1. The van der Waals surface area contributed by atoms with Gasteiger partial charge in [-0.05, 0) is 18.6 Å². The van der Waals surface area contributed by atoms with E-state index in [0.29, 0.717) is 0 Å². The number of aromatic nitrogens is 3. The van der Waals surface area contributed by atoms with Gasteiger partial charge in [-0.3, -0.25) is 0 Å². The topological polar surface area (TPSA) is 50.9 Å². The number of nitrogens with zero attached hydrogens (tertiary/aromatic N) is 3. The van der Waals surface area contributed by atoms with Crippen LogP contribution in [0.2, 0.25) is 0 Å². The minimum atomic E-state index is 0.215. The number of aliphatic hydroxyl groups is 1. The van der Waals surface area contributed by atoms with Gasteiger partial charge < -0.3 is 5.11 Å². The molecule has 16 heavy (non-hydrogen) atoms. The summed E-state index contributed by atoms with van der Waals surface area (Å²) in [5, 5.41) is 13.8. The summed E-state index contributed by atoms with van der Waals surface area (Å²) in [5.41, 5.74) is 1.00. The lowest BCUT2D eigenvalue weighted by Crippen LogP contribution is -1.94. The van der Waals surface area contributed by atoms with E-state index in [4.69, 9.17) is 5.11 Å². The monoisotopic (exact) mass is 235 g/mol. The smallest absolute Gasteiger partial charge is 0.208 e. The van der Waals surface area contributed by atoms with Gasteiger partial charge in [-0.15, -0.1) is 5.10 Å². The third-order valence-electron chi connectivity index (χ3n) is 2.03. The van der Waals surface area contributed by atoms with Gasteiger partial charge in [0.25, 0.3) is 0 Å². The van der Waals surface area contributed by atoms with Crippen LogP contribution in [0.5, 0.6) is 0 Å². The van der Waals surface area contributed by atoms with Crippen LogP contribution < -0.4 is 0 Å². The Morgan fingerprint density at radius 2 is 2.06 bits per heavy atom. The molecule has 0 saturated carbocycles. The van der Waals surface area contributed by atoms with Gasteiger partial charge in [0, 0.05) is 12.4 Å². The van der Waals surface area contributed by atoms with Crippen LogP contribution in [0, 0.1) is 0 Å². The molecule has 1 aromatic heterocycles. The summed E-state index contributed by atoms with van der Waals surface area (Å²) in [6.07, 6.45) is 2.47. The second-order valence-corrected chi connectivity index (χ2v) is 4.29. The lowest BCUT2D eigenvalue weighted by molar-refractivity contribution is 0.296. The van der Waals surface area contributed by atoms with Crippen molar-refractivity contribution in [1.82, 2.24) is 14.8 Å². The summed E-state index contributed by atoms with van der Waals surface area (Å²) in [6.45, 7) is 0.215. The number of rotatable bonds is 5. The summed E-state index contributed by atoms with van der Waals surface area (Å²) in [4.78, 5) is 4.20. The Bertz CT molecular complexity index is 430. The second-order valence-electron chi connectivity index (χ2n) is 3.23. The van der Waals surface area contributed by atoms with Gasteiger partial charge in [0.2, 0.25) is 5.16 Å². The van der Waals surface area contributed by atoms with Crippen LogP contribution >= 0.6 is 11.8 Å². The molecule has 0 unspecified atom stereocenters. The predicted molar refractivity (Wildman–Crippen MR) is 63.8 cm³/mol. The van der Waals surface area contributed by atoms with Crippen LogP contribution in [0.25, 0.3) is 5.69 Å². The lowest BCUT2D eigenvalue weighted by atomic mass is 10.3. The van der Waals surface area contributed by atoms with Gasteiger partial charge in [-0.1, -0.05) is 30.0 Å². The minimum Gasteiger partial charge on any atom is -0.396 e. The lowest BCUT2D eigenvalue weighted by Gasteiger charge is -1.98. The van der Waals surface area contributed by atoms with Crippen LogP contribution in [0.3, 0.4) is 0 Å². The SMILES string of the molecule is OCCCSc1ncn(-c2ccccc2)n1. The maximum Gasteiger partial charge on any atom is 0.208 e. The average molecular weight is 235 g/mol. The molecule has 0 spiro atoms. The van der Waals surface area contributed by atoms with Gasteiger partial charge >= 0.3 is 0 Å². The highest BCUT2D eigenvalue weighted by atomic mass is 32.2. The summed E-state index contributed by atoms with van der Waals surface area (Å²) in [6, 6.07) is 9.87.